The Labute approximate surface area is 144 Å². The lowest BCUT2D eigenvalue weighted by Gasteiger charge is -2.07. The van der Waals surface area contributed by atoms with E-state index in [4.69, 9.17) is 4.74 Å². The lowest BCUT2D eigenvalue weighted by molar-refractivity contribution is 0.101. The van der Waals surface area contributed by atoms with E-state index in [2.05, 4.69) is 15.5 Å². The van der Waals surface area contributed by atoms with Gasteiger partial charge in [0.25, 0.3) is 5.91 Å². The van der Waals surface area contributed by atoms with Gasteiger partial charge in [0, 0.05) is 19.9 Å². The molecule has 0 saturated heterocycles. The van der Waals surface area contributed by atoms with E-state index in [0.717, 1.165) is 16.3 Å². The van der Waals surface area contributed by atoms with Crippen LogP contribution in [0, 0.1) is 0 Å². The van der Waals surface area contributed by atoms with Gasteiger partial charge in [-0.1, -0.05) is 41.7 Å². The minimum atomic E-state index is -0.215. The van der Waals surface area contributed by atoms with Crippen LogP contribution in [-0.2, 0) is 11.8 Å². The van der Waals surface area contributed by atoms with Crippen molar-refractivity contribution in [3.8, 4) is 11.3 Å². The number of benzene rings is 1. The van der Waals surface area contributed by atoms with Crippen LogP contribution in [0.15, 0.2) is 42.5 Å². The third kappa shape index (κ3) is 3.22. The molecule has 1 atom stereocenters. The fourth-order valence-electron chi connectivity index (χ4n) is 2.35. The minimum Gasteiger partial charge on any atom is -0.374 e. The zero-order valence-electron chi connectivity index (χ0n) is 13.7. The highest BCUT2D eigenvalue weighted by molar-refractivity contribution is 7.15. The van der Waals surface area contributed by atoms with E-state index in [1.54, 1.807) is 13.2 Å². The number of amides is 1. The van der Waals surface area contributed by atoms with Crippen molar-refractivity contribution in [3.63, 3.8) is 0 Å². The molecule has 3 rings (SSSR count). The number of methoxy groups -OCH3 is 1. The normalized spacial score (nSPS) is 12.1. The van der Waals surface area contributed by atoms with Gasteiger partial charge in [0.15, 0.2) is 0 Å². The lowest BCUT2D eigenvalue weighted by atomic mass is 10.2. The maximum Gasteiger partial charge on any atom is 0.274 e. The van der Waals surface area contributed by atoms with Crippen molar-refractivity contribution in [2.75, 3.05) is 12.4 Å². The van der Waals surface area contributed by atoms with Gasteiger partial charge < -0.3 is 9.30 Å². The summed E-state index contributed by atoms with van der Waals surface area (Å²) < 4.78 is 7.07. The fraction of sp³-hybridized carbons (Fsp3) is 0.235. The highest BCUT2D eigenvalue weighted by Gasteiger charge is 2.17. The lowest BCUT2D eigenvalue weighted by Crippen LogP contribution is -2.15. The molecule has 1 aromatic carbocycles. The Bertz CT molecular complexity index is 841. The van der Waals surface area contributed by atoms with Crippen molar-refractivity contribution in [3.05, 3.63) is 53.2 Å². The second-order valence-electron chi connectivity index (χ2n) is 5.31. The largest absolute Gasteiger partial charge is 0.374 e. The first-order valence-corrected chi connectivity index (χ1v) is 8.30. The van der Waals surface area contributed by atoms with Gasteiger partial charge in [0.2, 0.25) is 5.13 Å². The summed E-state index contributed by atoms with van der Waals surface area (Å²) in [5, 5.41) is 12.0. The molecule has 2 aromatic heterocycles. The van der Waals surface area contributed by atoms with Gasteiger partial charge in [-0.3, -0.25) is 10.1 Å². The standard InChI is InChI=1S/C17H18N4O2S/c1-11(23-3)16-19-20-17(24-16)18-15(22)14-10-9-13(21(14)2)12-7-5-4-6-8-12/h4-11H,1-3H3,(H,18,20,22). The average Bonchev–Trinajstić information content (AvgIpc) is 3.21. The molecule has 1 amide bonds. The third-order valence-corrected chi connectivity index (χ3v) is 4.79. The van der Waals surface area contributed by atoms with Crippen LogP contribution < -0.4 is 5.32 Å². The molecule has 6 nitrogen and oxygen atoms in total. The van der Waals surface area contributed by atoms with Crippen LogP contribution in [0.1, 0.15) is 28.5 Å². The van der Waals surface area contributed by atoms with Gasteiger partial charge in [0.05, 0.1) is 0 Å². The number of rotatable bonds is 5. The highest BCUT2D eigenvalue weighted by Crippen LogP contribution is 2.25. The number of ether oxygens (including phenoxy) is 1. The van der Waals surface area contributed by atoms with Gasteiger partial charge >= 0.3 is 0 Å². The van der Waals surface area contributed by atoms with Crippen molar-refractivity contribution < 1.29 is 9.53 Å². The first-order valence-electron chi connectivity index (χ1n) is 7.49. The maximum atomic E-state index is 12.5. The summed E-state index contributed by atoms with van der Waals surface area (Å²) in [6, 6.07) is 13.7. The molecule has 1 N–H and O–H groups in total. The molecule has 0 aliphatic carbocycles. The number of nitrogens with one attached hydrogen (secondary N) is 1. The Balaban J connectivity index is 1.79. The molecule has 7 heteroatoms. The molecule has 0 aliphatic rings. The number of hydrogen-bond acceptors (Lipinski definition) is 5. The van der Waals surface area contributed by atoms with E-state index in [1.807, 2.05) is 54.9 Å². The molecule has 0 saturated carbocycles. The summed E-state index contributed by atoms with van der Waals surface area (Å²) >= 11 is 1.31. The van der Waals surface area contributed by atoms with Crippen LogP contribution in [0.4, 0.5) is 5.13 Å². The summed E-state index contributed by atoms with van der Waals surface area (Å²) in [6.45, 7) is 1.88. The number of carbonyl (C=O) groups is 1. The van der Waals surface area contributed by atoms with Gasteiger partial charge in [-0.25, -0.2) is 0 Å². The van der Waals surface area contributed by atoms with Crippen LogP contribution in [0.2, 0.25) is 0 Å². The fourth-order valence-corrected chi connectivity index (χ4v) is 3.12. The Hall–Kier alpha value is -2.51. The Morgan fingerprint density at radius 3 is 2.67 bits per heavy atom. The number of aromatic nitrogens is 3. The molecule has 0 aliphatic heterocycles. The second kappa shape index (κ2) is 6.94. The van der Waals surface area contributed by atoms with E-state index in [9.17, 15) is 4.79 Å². The number of nitrogens with zero attached hydrogens (tertiary/aromatic N) is 3. The van der Waals surface area contributed by atoms with E-state index in [1.165, 1.54) is 11.3 Å². The summed E-state index contributed by atoms with van der Waals surface area (Å²) in [5.74, 6) is -0.215. The minimum absolute atomic E-state index is 0.145. The van der Waals surface area contributed by atoms with Crippen LogP contribution in [0.25, 0.3) is 11.3 Å². The summed E-state index contributed by atoms with van der Waals surface area (Å²) in [7, 11) is 3.48. The van der Waals surface area contributed by atoms with Crippen molar-refractivity contribution in [1.82, 2.24) is 14.8 Å². The summed E-state index contributed by atoms with van der Waals surface area (Å²) in [6.07, 6.45) is -0.145. The number of anilines is 1. The molecule has 0 bridgehead atoms. The van der Waals surface area contributed by atoms with E-state index in [-0.39, 0.29) is 12.0 Å². The predicted molar refractivity (Wildman–Crippen MR) is 94.1 cm³/mol. The zero-order chi connectivity index (χ0) is 17.1. The molecule has 0 spiro atoms. The van der Waals surface area contributed by atoms with Gasteiger partial charge in [-0.2, -0.15) is 0 Å². The van der Waals surface area contributed by atoms with E-state index >= 15 is 0 Å². The third-order valence-electron chi connectivity index (χ3n) is 3.79. The first-order chi connectivity index (χ1) is 11.6. The Kier molecular flexibility index (Phi) is 4.73. The average molecular weight is 342 g/mol. The smallest absolute Gasteiger partial charge is 0.274 e. The van der Waals surface area contributed by atoms with Gasteiger partial charge in [-0.05, 0) is 24.6 Å². The maximum absolute atomic E-state index is 12.5. The quantitative estimate of drug-likeness (QED) is 0.770. The van der Waals surface area contributed by atoms with Crippen molar-refractivity contribution >= 4 is 22.4 Å². The monoisotopic (exact) mass is 342 g/mol. The van der Waals surface area contributed by atoms with Crippen LogP contribution in [-0.4, -0.2) is 27.8 Å². The second-order valence-corrected chi connectivity index (χ2v) is 6.32. The topological polar surface area (TPSA) is 69.0 Å². The molecule has 3 aromatic rings. The highest BCUT2D eigenvalue weighted by atomic mass is 32.1. The van der Waals surface area contributed by atoms with Crippen molar-refractivity contribution in [1.29, 1.82) is 0 Å². The van der Waals surface area contributed by atoms with Crippen molar-refractivity contribution in [2.24, 2.45) is 7.05 Å². The number of hydrogen-bond donors (Lipinski definition) is 1. The molecular weight excluding hydrogens is 324 g/mol. The van der Waals surface area contributed by atoms with Crippen LogP contribution >= 0.6 is 11.3 Å². The Morgan fingerprint density at radius 2 is 1.96 bits per heavy atom. The van der Waals surface area contributed by atoms with E-state index < -0.39 is 0 Å². The van der Waals surface area contributed by atoms with Gasteiger partial charge in [0.1, 0.15) is 16.8 Å². The molecular formula is C17H18N4O2S. The zero-order valence-corrected chi connectivity index (χ0v) is 14.5. The molecule has 1 unspecified atom stereocenters. The van der Waals surface area contributed by atoms with E-state index in [0.29, 0.717) is 10.8 Å². The summed E-state index contributed by atoms with van der Waals surface area (Å²) in [5.41, 5.74) is 2.60. The van der Waals surface area contributed by atoms with Crippen molar-refractivity contribution in [2.45, 2.75) is 13.0 Å². The molecule has 124 valence electrons. The molecule has 24 heavy (non-hydrogen) atoms. The molecule has 0 radical (unpaired) electrons. The molecule has 0 fully saturated rings. The number of carbonyl (C=O) groups excluding carboxylic acids is 1. The predicted octanol–water partition coefficient (Wildman–Crippen LogP) is 3.50. The SMILES string of the molecule is COC(C)c1nnc(NC(=O)c2ccc(-c3ccccc3)n2C)s1. The van der Waals surface area contributed by atoms with Gasteiger partial charge in [-0.15, -0.1) is 10.2 Å². The van der Waals surface area contributed by atoms with Crippen LogP contribution in [0.3, 0.4) is 0 Å². The molecule has 2 heterocycles. The Morgan fingerprint density at radius 1 is 1.21 bits per heavy atom. The first kappa shape index (κ1) is 16.4. The summed E-state index contributed by atoms with van der Waals surface area (Å²) in [4.78, 5) is 12.5. The van der Waals surface area contributed by atoms with Crippen LogP contribution in [0.5, 0.6) is 0 Å².